The summed E-state index contributed by atoms with van der Waals surface area (Å²) in [6.45, 7) is 1.56. The molecule has 1 aromatic rings. The second-order valence-electron chi connectivity index (χ2n) is 3.03. The largest absolute Gasteiger partial charge is 0.390 e. The van der Waals surface area contributed by atoms with Crippen LogP contribution in [0.15, 0.2) is 17.2 Å². The Balaban J connectivity index is 2.70. The zero-order chi connectivity index (χ0) is 11.3. The van der Waals surface area contributed by atoms with Crippen LogP contribution in [-0.2, 0) is 0 Å². The number of azide groups is 1. The number of aliphatic hydroxyl groups is 2. The van der Waals surface area contributed by atoms with Crippen molar-refractivity contribution < 1.29 is 10.2 Å². The summed E-state index contributed by atoms with van der Waals surface area (Å²) < 4.78 is 0. The zero-order valence-electron chi connectivity index (χ0n) is 8.15. The van der Waals surface area contributed by atoms with Gasteiger partial charge in [-0.1, -0.05) is 5.11 Å². The van der Waals surface area contributed by atoms with Crippen LogP contribution < -0.4 is 0 Å². The van der Waals surface area contributed by atoms with E-state index in [9.17, 15) is 10.2 Å². The first-order valence-corrected chi connectivity index (χ1v) is 4.32. The summed E-state index contributed by atoms with van der Waals surface area (Å²) >= 11 is 0. The van der Waals surface area contributed by atoms with E-state index >= 15 is 0 Å². The van der Waals surface area contributed by atoms with Gasteiger partial charge in [0.05, 0.1) is 24.0 Å². The molecule has 1 aromatic heterocycles. The van der Waals surface area contributed by atoms with Gasteiger partial charge >= 0.3 is 0 Å². The van der Waals surface area contributed by atoms with Crippen molar-refractivity contribution >= 4 is 0 Å². The van der Waals surface area contributed by atoms with E-state index in [1.807, 2.05) is 0 Å². The fourth-order valence-corrected chi connectivity index (χ4v) is 0.984. The van der Waals surface area contributed by atoms with E-state index < -0.39 is 12.2 Å². The van der Waals surface area contributed by atoms with Gasteiger partial charge in [0.2, 0.25) is 0 Å². The van der Waals surface area contributed by atoms with Crippen LogP contribution in [0.4, 0.5) is 0 Å². The molecule has 7 nitrogen and oxygen atoms in total. The van der Waals surface area contributed by atoms with Crippen molar-refractivity contribution in [2.24, 2.45) is 5.11 Å². The number of rotatable bonds is 4. The van der Waals surface area contributed by atoms with Gasteiger partial charge in [-0.2, -0.15) is 10.2 Å². The molecule has 0 saturated heterocycles. The Morgan fingerprint density at radius 2 is 2.20 bits per heavy atom. The predicted molar refractivity (Wildman–Crippen MR) is 51.7 cm³/mol. The summed E-state index contributed by atoms with van der Waals surface area (Å²) in [5.41, 5.74) is 9.01. The van der Waals surface area contributed by atoms with E-state index in [0.29, 0.717) is 0 Å². The van der Waals surface area contributed by atoms with Crippen LogP contribution >= 0.6 is 0 Å². The lowest BCUT2D eigenvalue weighted by Gasteiger charge is -2.14. The molecule has 0 amide bonds. The zero-order valence-corrected chi connectivity index (χ0v) is 8.15. The van der Waals surface area contributed by atoms with Gasteiger partial charge in [0.15, 0.2) is 0 Å². The molecule has 0 spiro atoms. The van der Waals surface area contributed by atoms with Crippen LogP contribution in [0.3, 0.4) is 0 Å². The van der Waals surface area contributed by atoms with E-state index in [-0.39, 0.29) is 12.2 Å². The summed E-state index contributed by atoms with van der Waals surface area (Å²) in [6, 6.07) is 3.23. The van der Waals surface area contributed by atoms with Gasteiger partial charge in [0.25, 0.3) is 0 Å². The standard InChI is InChI=1S/C8H11N5O2/c1-5-2-3-6(12-11-5)8(15)7(14)4-10-13-9/h2-3,7-8,14-15H,4H2,1H3. The minimum atomic E-state index is -1.19. The molecule has 1 rings (SSSR count). The van der Waals surface area contributed by atoms with E-state index in [0.717, 1.165) is 5.69 Å². The molecule has 0 aliphatic heterocycles. The van der Waals surface area contributed by atoms with Gasteiger partial charge in [-0.25, -0.2) is 0 Å². The van der Waals surface area contributed by atoms with Gasteiger partial charge in [0, 0.05) is 4.91 Å². The molecular weight excluding hydrogens is 198 g/mol. The maximum Gasteiger partial charge on any atom is 0.124 e. The van der Waals surface area contributed by atoms with Gasteiger partial charge in [-0.05, 0) is 24.6 Å². The molecule has 0 radical (unpaired) electrons. The first-order valence-electron chi connectivity index (χ1n) is 4.32. The SMILES string of the molecule is Cc1ccc(C(O)C(O)CN=[N+]=[N-])nn1. The maximum atomic E-state index is 9.57. The van der Waals surface area contributed by atoms with Crippen molar-refractivity contribution in [1.82, 2.24) is 10.2 Å². The fraction of sp³-hybridized carbons (Fsp3) is 0.500. The number of hydrogen-bond donors (Lipinski definition) is 2. The second kappa shape index (κ2) is 5.26. The predicted octanol–water partition coefficient (Wildman–Crippen LogP) is 0.490. The first-order chi connectivity index (χ1) is 7.15. The topological polar surface area (TPSA) is 115 Å². The summed E-state index contributed by atoms with van der Waals surface area (Å²) in [5, 5.41) is 29.6. The Hall–Kier alpha value is -1.69. The summed E-state index contributed by atoms with van der Waals surface area (Å²) in [4.78, 5) is 2.48. The van der Waals surface area contributed by atoms with Crippen molar-refractivity contribution in [3.8, 4) is 0 Å². The second-order valence-corrected chi connectivity index (χ2v) is 3.03. The Morgan fingerprint density at radius 1 is 1.47 bits per heavy atom. The minimum absolute atomic E-state index is 0.201. The lowest BCUT2D eigenvalue weighted by Crippen LogP contribution is -2.22. The third kappa shape index (κ3) is 3.17. The van der Waals surface area contributed by atoms with Gasteiger partial charge in [0.1, 0.15) is 6.10 Å². The van der Waals surface area contributed by atoms with E-state index in [1.165, 1.54) is 0 Å². The summed E-state index contributed by atoms with van der Waals surface area (Å²) in [6.07, 6.45) is -2.36. The monoisotopic (exact) mass is 209 g/mol. The number of aryl methyl sites for hydroxylation is 1. The summed E-state index contributed by atoms with van der Waals surface area (Å²) in [7, 11) is 0. The Labute approximate surface area is 86.0 Å². The first kappa shape index (κ1) is 11.4. The van der Waals surface area contributed by atoms with Gasteiger partial charge in [-0.3, -0.25) is 0 Å². The van der Waals surface area contributed by atoms with E-state index in [4.69, 9.17) is 5.53 Å². The molecule has 2 atom stereocenters. The number of aromatic nitrogens is 2. The van der Waals surface area contributed by atoms with Crippen LogP contribution in [0, 0.1) is 6.92 Å². The Morgan fingerprint density at radius 3 is 2.73 bits per heavy atom. The highest BCUT2D eigenvalue weighted by Gasteiger charge is 2.18. The van der Waals surface area contributed by atoms with Crippen LogP contribution in [-0.4, -0.2) is 33.1 Å². The third-order valence-electron chi connectivity index (χ3n) is 1.82. The normalized spacial score (nSPS) is 14.1. The molecule has 0 aromatic carbocycles. The highest BCUT2D eigenvalue weighted by atomic mass is 16.3. The molecule has 7 heteroatoms. The van der Waals surface area contributed by atoms with Crippen molar-refractivity contribution in [3.05, 3.63) is 34.0 Å². The molecule has 15 heavy (non-hydrogen) atoms. The molecule has 1 heterocycles. The van der Waals surface area contributed by atoms with Crippen LogP contribution in [0.5, 0.6) is 0 Å². The lowest BCUT2D eigenvalue weighted by atomic mass is 10.1. The van der Waals surface area contributed by atoms with Crippen molar-refractivity contribution in [3.63, 3.8) is 0 Å². The molecule has 0 saturated carbocycles. The lowest BCUT2D eigenvalue weighted by molar-refractivity contribution is 0.0212. The smallest absolute Gasteiger partial charge is 0.124 e. The quantitative estimate of drug-likeness (QED) is 0.426. The van der Waals surface area contributed by atoms with E-state index in [1.54, 1.807) is 19.1 Å². The molecule has 0 fully saturated rings. The number of hydrogen-bond acceptors (Lipinski definition) is 5. The van der Waals surface area contributed by atoms with Crippen molar-refractivity contribution in [2.75, 3.05) is 6.54 Å². The Kier molecular flexibility index (Phi) is 3.99. The highest BCUT2D eigenvalue weighted by molar-refractivity contribution is 5.09. The molecular formula is C8H11N5O2. The van der Waals surface area contributed by atoms with Gasteiger partial charge in [-0.15, -0.1) is 0 Å². The van der Waals surface area contributed by atoms with Crippen molar-refractivity contribution in [1.29, 1.82) is 0 Å². The fourth-order valence-electron chi connectivity index (χ4n) is 0.984. The molecule has 0 aliphatic rings. The van der Waals surface area contributed by atoms with Crippen molar-refractivity contribution in [2.45, 2.75) is 19.1 Å². The summed E-state index contributed by atoms with van der Waals surface area (Å²) in [5.74, 6) is 0. The average molecular weight is 209 g/mol. The molecule has 2 unspecified atom stereocenters. The molecule has 0 aliphatic carbocycles. The molecule has 2 N–H and O–H groups in total. The van der Waals surface area contributed by atoms with Gasteiger partial charge < -0.3 is 10.2 Å². The average Bonchev–Trinajstić information content (AvgIpc) is 2.26. The number of nitrogens with zero attached hydrogens (tertiary/aromatic N) is 5. The Bertz CT molecular complexity index is 360. The molecule has 80 valence electrons. The highest BCUT2D eigenvalue weighted by Crippen LogP contribution is 2.13. The minimum Gasteiger partial charge on any atom is -0.390 e. The van der Waals surface area contributed by atoms with Crippen LogP contribution in [0.1, 0.15) is 17.5 Å². The maximum absolute atomic E-state index is 9.57. The van der Waals surface area contributed by atoms with Crippen LogP contribution in [0.25, 0.3) is 10.4 Å². The van der Waals surface area contributed by atoms with Crippen LogP contribution in [0.2, 0.25) is 0 Å². The molecule has 0 bridgehead atoms. The number of aliphatic hydroxyl groups excluding tert-OH is 2. The third-order valence-corrected chi connectivity index (χ3v) is 1.82. The van der Waals surface area contributed by atoms with E-state index in [2.05, 4.69) is 20.2 Å².